The molecular weight excluding hydrogens is 371 g/mol. The maximum Gasteiger partial charge on any atom is 0.469 e. The van der Waals surface area contributed by atoms with E-state index in [1.807, 2.05) is 0 Å². The molecule has 12 nitrogen and oxygen atoms in total. The van der Waals surface area contributed by atoms with E-state index in [0.717, 1.165) is 32.8 Å². The topological polar surface area (TPSA) is 245 Å². The summed E-state index contributed by atoms with van der Waals surface area (Å²) in [5.41, 5.74) is 20.8. The number of aliphatic carboxylic acids is 2. The summed E-state index contributed by atoms with van der Waals surface area (Å²) in [6, 6.07) is -1.43. The van der Waals surface area contributed by atoms with Crippen LogP contribution in [-0.2, 0) is 18.7 Å². The van der Waals surface area contributed by atoms with Crippen molar-refractivity contribution in [1.82, 2.24) is 0 Å². The van der Waals surface area contributed by atoms with Crippen LogP contribution in [0.5, 0.6) is 0 Å². The second-order valence-corrected chi connectivity index (χ2v) is 6.48. The van der Waals surface area contributed by atoms with Crippen LogP contribution in [0.2, 0.25) is 0 Å². The van der Waals surface area contributed by atoms with E-state index in [-0.39, 0.29) is 0 Å². The molecule has 0 aromatic heterocycles. The molecule has 12 N–H and O–H groups in total. The highest BCUT2D eigenvalue weighted by Crippen LogP contribution is 2.33. The summed E-state index contributed by atoms with van der Waals surface area (Å²) in [6.45, 7) is 1.21. The van der Waals surface area contributed by atoms with Crippen LogP contribution in [0.3, 0.4) is 0 Å². The quantitative estimate of drug-likeness (QED) is 0.149. The van der Waals surface area contributed by atoms with Crippen molar-refractivity contribution in [2.24, 2.45) is 22.9 Å². The van der Waals surface area contributed by atoms with Crippen molar-refractivity contribution < 1.29 is 38.7 Å². The van der Waals surface area contributed by atoms with Gasteiger partial charge >= 0.3 is 19.8 Å². The van der Waals surface area contributed by atoms with Crippen LogP contribution in [0.1, 0.15) is 38.5 Å². The number of carboxylic acids is 2. The third kappa shape index (κ3) is 27.7. The van der Waals surface area contributed by atoms with Gasteiger partial charge in [-0.25, -0.2) is 4.57 Å². The predicted octanol–water partition coefficient (Wildman–Crippen LogP) is -1.22. The number of carbonyl (C=O) groups is 2. The highest BCUT2D eigenvalue weighted by atomic mass is 31.2. The Hall–Kier alpha value is -1.11. The van der Waals surface area contributed by atoms with Gasteiger partial charge in [0.1, 0.15) is 12.1 Å². The second kappa shape index (κ2) is 18.7. The SMILES string of the molecule is COP(=O)(O)O.NCCCC[C@H](N)C(=O)O.NCCCC[C@H](N)C(=O)O. The van der Waals surface area contributed by atoms with E-state index in [2.05, 4.69) is 4.52 Å². The molecule has 0 aliphatic carbocycles. The average molecular weight is 404 g/mol. The molecule has 0 fully saturated rings. The molecule has 0 aliphatic heterocycles. The Morgan fingerprint density at radius 1 is 0.885 bits per heavy atom. The molecule has 2 atom stereocenters. The minimum Gasteiger partial charge on any atom is -0.480 e. The number of nitrogens with two attached hydrogens (primary N) is 4. The van der Waals surface area contributed by atoms with Gasteiger partial charge in [-0.2, -0.15) is 0 Å². The Bertz CT molecular complexity index is 382. The van der Waals surface area contributed by atoms with Crippen LogP contribution in [-0.4, -0.2) is 64.2 Å². The number of carboxylic acid groups (broad SMARTS) is 2. The Morgan fingerprint density at radius 2 is 1.15 bits per heavy atom. The maximum atomic E-state index is 10.1. The molecule has 26 heavy (non-hydrogen) atoms. The Kier molecular flexibility index (Phi) is 21.3. The summed E-state index contributed by atoms with van der Waals surface area (Å²) < 4.78 is 13.1. The molecule has 0 unspecified atom stereocenters. The smallest absolute Gasteiger partial charge is 0.469 e. The van der Waals surface area contributed by atoms with Crippen LogP contribution >= 0.6 is 7.82 Å². The first-order valence-corrected chi connectivity index (χ1v) is 9.44. The minimum atomic E-state index is -4.15. The molecule has 0 rings (SSSR count). The van der Waals surface area contributed by atoms with Crippen LogP contribution in [0.15, 0.2) is 0 Å². The molecule has 158 valence electrons. The predicted molar refractivity (Wildman–Crippen MR) is 96.1 cm³/mol. The fourth-order valence-electron chi connectivity index (χ4n) is 1.26. The van der Waals surface area contributed by atoms with Crippen molar-refractivity contribution in [2.75, 3.05) is 20.2 Å². The summed E-state index contributed by atoms with van der Waals surface area (Å²) >= 11 is 0. The average Bonchev–Trinajstić information content (AvgIpc) is 2.55. The number of hydrogen-bond acceptors (Lipinski definition) is 8. The second-order valence-electron chi connectivity index (χ2n) is 5.13. The molecule has 0 saturated heterocycles. The van der Waals surface area contributed by atoms with E-state index in [1.54, 1.807) is 0 Å². The van der Waals surface area contributed by atoms with Crippen molar-refractivity contribution in [3.05, 3.63) is 0 Å². The third-order valence-corrected chi connectivity index (χ3v) is 3.29. The van der Waals surface area contributed by atoms with Gasteiger partial charge in [-0.05, 0) is 38.8 Å². The van der Waals surface area contributed by atoms with Crippen molar-refractivity contribution in [3.8, 4) is 0 Å². The highest BCUT2D eigenvalue weighted by Gasteiger charge is 2.10. The number of unbranched alkanes of at least 4 members (excludes halogenated alkanes) is 2. The lowest BCUT2D eigenvalue weighted by molar-refractivity contribution is -0.139. The maximum absolute atomic E-state index is 10.1. The Labute approximate surface area is 153 Å². The zero-order valence-corrected chi connectivity index (χ0v) is 15.9. The molecule has 0 aromatic carbocycles. The largest absolute Gasteiger partial charge is 0.480 e. The van der Waals surface area contributed by atoms with Gasteiger partial charge in [-0.1, -0.05) is 12.8 Å². The van der Waals surface area contributed by atoms with Gasteiger partial charge in [0.25, 0.3) is 0 Å². The van der Waals surface area contributed by atoms with Gasteiger partial charge < -0.3 is 42.9 Å². The molecule has 0 saturated carbocycles. The number of phosphoric ester groups is 1. The molecule has 0 aromatic rings. The molecule has 0 spiro atoms. The molecule has 0 radical (unpaired) electrons. The summed E-state index contributed by atoms with van der Waals surface area (Å²) in [6.07, 6.45) is 4.33. The molecule has 0 heterocycles. The standard InChI is InChI=1S/2C6H14N2O2.CH5O4P/c2*7-4-2-1-3-5(8)6(9)10;1-5-6(2,3)4/h2*5H,1-4,7-8H2,(H,9,10);1H3,(H2,2,3,4)/t2*5-;/m00./s1. The van der Waals surface area contributed by atoms with E-state index in [4.69, 9.17) is 42.9 Å². The molecule has 13 heteroatoms. The van der Waals surface area contributed by atoms with Gasteiger partial charge in [0.15, 0.2) is 0 Å². The van der Waals surface area contributed by atoms with Gasteiger partial charge in [0, 0.05) is 7.11 Å². The van der Waals surface area contributed by atoms with E-state index in [9.17, 15) is 14.2 Å². The number of hydrogen-bond donors (Lipinski definition) is 8. The number of rotatable bonds is 11. The summed E-state index contributed by atoms with van der Waals surface area (Å²) in [7, 11) is -3.20. The van der Waals surface area contributed by atoms with Crippen LogP contribution < -0.4 is 22.9 Å². The first kappa shape index (κ1) is 29.6. The highest BCUT2D eigenvalue weighted by molar-refractivity contribution is 7.46. The van der Waals surface area contributed by atoms with Crippen molar-refractivity contribution >= 4 is 19.8 Å². The molecule has 0 aliphatic rings. The van der Waals surface area contributed by atoms with Crippen molar-refractivity contribution in [3.63, 3.8) is 0 Å². The first-order chi connectivity index (χ1) is 11.9. The zero-order valence-electron chi connectivity index (χ0n) is 15.0. The normalized spacial score (nSPS) is 12.7. The van der Waals surface area contributed by atoms with Gasteiger partial charge in [0.05, 0.1) is 0 Å². The lowest BCUT2D eigenvalue weighted by atomic mass is 10.1. The lowest BCUT2D eigenvalue weighted by Gasteiger charge is -2.03. The lowest BCUT2D eigenvalue weighted by Crippen LogP contribution is -2.29. The Morgan fingerprint density at radius 3 is 1.31 bits per heavy atom. The van der Waals surface area contributed by atoms with Crippen molar-refractivity contribution in [1.29, 1.82) is 0 Å². The molecule has 0 bridgehead atoms. The molecule has 0 amide bonds. The monoisotopic (exact) mass is 404 g/mol. The van der Waals surface area contributed by atoms with E-state index in [0.29, 0.717) is 25.9 Å². The van der Waals surface area contributed by atoms with Gasteiger partial charge in [-0.3, -0.25) is 14.1 Å². The van der Waals surface area contributed by atoms with E-state index >= 15 is 0 Å². The Balaban J connectivity index is -0.000000316. The van der Waals surface area contributed by atoms with Crippen LogP contribution in [0.4, 0.5) is 0 Å². The van der Waals surface area contributed by atoms with Crippen LogP contribution in [0.25, 0.3) is 0 Å². The summed E-state index contributed by atoms with van der Waals surface area (Å²) in [4.78, 5) is 35.7. The van der Waals surface area contributed by atoms with Gasteiger partial charge in [0.2, 0.25) is 0 Å². The number of phosphoric acid groups is 1. The zero-order chi connectivity index (χ0) is 21.2. The molecular formula is C13H33N4O8P. The third-order valence-electron chi connectivity index (χ3n) is 2.81. The fraction of sp³-hybridized carbons (Fsp3) is 0.846. The fourth-order valence-corrected chi connectivity index (χ4v) is 1.26. The van der Waals surface area contributed by atoms with Crippen molar-refractivity contribution in [2.45, 2.75) is 50.6 Å². The minimum absolute atomic E-state index is 0.520. The van der Waals surface area contributed by atoms with Crippen LogP contribution in [0, 0.1) is 0 Å². The van der Waals surface area contributed by atoms with E-state index < -0.39 is 31.8 Å². The van der Waals surface area contributed by atoms with E-state index in [1.165, 1.54) is 0 Å². The first-order valence-electron chi connectivity index (χ1n) is 7.91. The van der Waals surface area contributed by atoms with Gasteiger partial charge in [-0.15, -0.1) is 0 Å². The summed E-state index contributed by atoms with van der Waals surface area (Å²) in [5.74, 6) is -1.87. The summed E-state index contributed by atoms with van der Waals surface area (Å²) in [5, 5.41) is 16.7.